The maximum Gasteiger partial charge on any atom is 0.296 e. The lowest BCUT2D eigenvalue weighted by Gasteiger charge is -2.16. The molecule has 4 rings (SSSR count). The summed E-state index contributed by atoms with van der Waals surface area (Å²) in [7, 11) is -9.77. The molecule has 5 N–H and O–H groups in total. The van der Waals surface area contributed by atoms with E-state index < -0.39 is 41.5 Å². The molecule has 0 aliphatic carbocycles. The molecule has 12 heteroatoms. The van der Waals surface area contributed by atoms with E-state index in [-0.39, 0.29) is 22.0 Å². The van der Waals surface area contributed by atoms with Gasteiger partial charge in [0.05, 0.1) is 11.4 Å². The molecule has 0 bridgehead atoms. The second kappa shape index (κ2) is 8.50. The Kier molecular flexibility index (Phi) is 5.83. The monoisotopic (exact) mass is 499 g/mol. The zero-order valence-electron chi connectivity index (χ0n) is 17.2. The highest BCUT2D eigenvalue weighted by Crippen LogP contribution is 2.48. The SMILES string of the molecule is Nc1c(-c2ccccc2)c(S(=O)(=O)O)cc2cc(S(=O)(=O)O)c(N=Nc3ccccc3)c(O)c12. The van der Waals surface area contributed by atoms with Gasteiger partial charge in [-0.15, -0.1) is 5.11 Å². The molecule has 0 atom stereocenters. The van der Waals surface area contributed by atoms with Crippen LogP contribution in [0, 0.1) is 0 Å². The summed E-state index contributed by atoms with van der Waals surface area (Å²) < 4.78 is 68.0. The number of nitrogen functional groups attached to an aromatic ring is 1. The normalized spacial score (nSPS) is 12.4. The van der Waals surface area contributed by atoms with Crippen molar-refractivity contribution in [3.05, 3.63) is 72.8 Å². The van der Waals surface area contributed by atoms with E-state index in [9.17, 15) is 31.0 Å². The van der Waals surface area contributed by atoms with Crippen LogP contribution in [-0.4, -0.2) is 31.0 Å². The van der Waals surface area contributed by atoms with E-state index in [1.807, 2.05) is 0 Å². The van der Waals surface area contributed by atoms with Crippen LogP contribution in [0.1, 0.15) is 0 Å². The van der Waals surface area contributed by atoms with Crippen LogP contribution in [0.4, 0.5) is 17.1 Å². The Morgan fingerprint density at radius 2 is 1.26 bits per heavy atom. The lowest BCUT2D eigenvalue weighted by atomic mass is 9.97. The molecule has 0 saturated heterocycles. The number of aromatic hydroxyl groups is 1. The van der Waals surface area contributed by atoms with Crippen LogP contribution >= 0.6 is 0 Å². The van der Waals surface area contributed by atoms with Crippen molar-refractivity contribution >= 4 is 48.1 Å². The first kappa shape index (κ1) is 23.3. The summed E-state index contributed by atoms with van der Waals surface area (Å²) in [5.74, 6) is -0.749. The molecule has 174 valence electrons. The lowest BCUT2D eigenvalue weighted by molar-refractivity contribution is 0.472. The number of rotatable bonds is 5. The average Bonchev–Trinajstić information content (AvgIpc) is 2.78. The number of phenolic OH excluding ortho intramolecular Hbond substituents is 1. The molecule has 0 unspecified atom stereocenters. The van der Waals surface area contributed by atoms with Crippen molar-refractivity contribution in [1.29, 1.82) is 0 Å². The zero-order valence-corrected chi connectivity index (χ0v) is 18.8. The van der Waals surface area contributed by atoms with Gasteiger partial charge in [0.25, 0.3) is 20.2 Å². The van der Waals surface area contributed by atoms with E-state index in [2.05, 4.69) is 10.2 Å². The Bertz CT molecular complexity index is 1650. The smallest absolute Gasteiger partial charge is 0.296 e. The Hall–Kier alpha value is -3.84. The Labute approximate surface area is 194 Å². The lowest BCUT2D eigenvalue weighted by Crippen LogP contribution is -2.06. The van der Waals surface area contributed by atoms with Gasteiger partial charge in [0.2, 0.25) is 0 Å². The number of anilines is 1. The van der Waals surface area contributed by atoms with Crippen molar-refractivity contribution in [2.75, 3.05) is 5.73 Å². The van der Waals surface area contributed by atoms with E-state index in [4.69, 9.17) is 5.73 Å². The number of phenols is 1. The summed E-state index contributed by atoms with van der Waals surface area (Å²) in [6.07, 6.45) is 0. The minimum absolute atomic E-state index is 0.101. The Balaban J connectivity index is 2.13. The van der Waals surface area contributed by atoms with Gasteiger partial charge in [-0.3, -0.25) is 9.11 Å². The van der Waals surface area contributed by atoms with Crippen molar-refractivity contribution in [3.8, 4) is 16.9 Å². The van der Waals surface area contributed by atoms with Gasteiger partial charge in [-0.05, 0) is 35.2 Å². The highest BCUT2D eigenvalue weighted by Gasteiger charge is 2.28. The van der Waals surface area contributed by atoms with E-state index in [1.165, 1.54) is 0 Å². The number of nitrogens with two attached hydrogens (primary N) is 1. The van der Waals surface area contributed by atoms with Gasteiger partial charge in [-0.25, -0.2) is 0 Å². The van der Waals surface area contributed by atoms with Crippen molar-refractivity contribution in [1.82, 2.24) is 0 Å². The topological polar surface area (TPSA) is 180 Å². The maximum atomic E-state index is 12.2. The van der Waals surface area contributed by atoms with E-state index in [0.29, 0.717) is 11.3 Å². The highest BCUT2D eigenvalue weighted by molar-refractivity contribution is 7.86. The van der Waals surface area contributed by atoms with Gasteiger partial charge in [-0.1, -0.05) is 48.5 Å². The highest BCUT2D eigenvalue weighted by atomic mass is 32.2. The van der Waals surface area contributed by atoms with Gasteiger partial charge in [0, 0.05) is 10.9 Å². The van der Waals surface area contributed by atoms with Crippen LogP contribution in [-0.2, 0) is 20.2 Å². The summed E-state index contributed by atoms with van der Waals surface area (Å²) in [6, 6.07) is 18.1. The zero-order chi connectivity index (χ0) is 24.7. The number of hydrogen-bond acceptors (Lipinski definition) is 8. The molecule has 0 saturated carbocycles. The first-order valence-corrected chi connectivity index (χ1v) is 12.5. The van der Waals surface area contributed by atoms with Crippen LogP contribution in [0.25, 0.3) is 21.9 Å². The van der Waals surface area contributed by atoms with Crippen LogP contribution < -0.4 is 5.73 Å². The predicted octanol–water partition coefficient (Wildman–Crippen LogP) is 4.70. The summed E-state index contributed by atoms with van der Waals surface area (Å²) >= 11 is 0. The fourth-order valence-corrected chi connectivity index (χ4v) is 4.94. The van der Waals surface area contributed by atoms with Gasteiger partial charge in [0.15, 0.2) is 5.75 Å². The fraction of sp³-hybridized carbons (Fsp3) is 0. The molecule has 4 aromatic rings. The average molecular weight is 500 g/mol. The second-order valence-corrected chi connectivity index (χ2v) is 9.97. The third-order valence-electron chi connectivity index (χ3n) is 4.98. The van der Waals surface area contributed by atoms with Crippen molar-refractivity contribution in [2.24, 2.45) is 10.2 Å². The first-order chi connectivity index (χ1) is 16.0. The summed E-state index contributed by atoms with van der Waals surface area (Å²) in [5.41, 5.74) is 5.97. The Morgan fingerprint density at radius 1 is 0.735 bits per heavy atom. The molecule has 34 heavy (non-hydrogen) atoms. The molecular weight excluding hydrogens is 482 g/mol. The summed E-state index contributed by atoms with van der Waals surface area (Å²) in [5, 5.41) is 18.4. The van der Waals surface area contributed by atoms with Crippen molar-refractivity contribution < 1.29 is 31.0 Å². The minimum Gasteiger partial charge on any atom is -0.505 e. The molecule has 4 aromatic carbocycles. The predicted molar refractivity (Wildman–Crippen MR) is 126 cm³/mol. The summed E-state index contributed by atoms with van der Waals surface area (Å²) in [4.78, 5) is -1.44. The van der Waals surface area contributed by atoms with Crippen LogP contribution in [0.3, 0.4) is 0 Å². The largest absolute Gasteiger partial charge is 0.505 e. The Morgan fingerprint density at radius 3 is 1.82 bits per heavy atom. The van der Waals surface area contributed by atoms with Crippen LogP contribution in [0.2, 0.25) is 0 Å². The van der Waals surface area contributed by atoms with Crippen LogP contribution in [0.5, 0.6) is 5.75 Å². The number of fused-ring (bicyclic) bond motifs is 1. The number of nitrogens with zero attached hydrogens (tertiary/aromatic N) is 2. The standard InChI is InChI=1S/C22H17N3O7S2/c23-20-18(13-7-3-1-4-8-13)16(33(27,28)29)11-14-12-17(34(30,31)32)21(22(26)19(14)20)25-24-15-9-5-2-6-10-15/h1-12,26H,23H2,(H,27,28,29)(H,30,31,32). The number of azo groups is 1. The van der Waals surface area contributed by atoms with Gasteiger partial charge in [-0.2, -0.15) is 21.9 Å². The van der Waals surface area contributed by atoms with Gasteiger partial charge in [0.1, 0.15) is 15.5 Å². The van der Waals surface area contributed by atoms with E-state index in [1.54, 1.807) is 60.7 Å². The molecule has 0 heterocycles. The molecule has 0 aliphatic rings. The van der Waals surface area contributed by atoms with Crippen molar-refractivity contribution in [2.45, 2.75) is 9.79 Å². The molecule has 10 nitrogen and oxygen atoms in total. The van der Waals surface area contributed by atoms with Gasteiger partial charge >= 0.3 is 0 Å². The molecule has 0 spiro atoms. The molecular formula is C22H17N3O7S2. The van der Waals surface area contributed by atoms with Crippen molar-refractivity contribution in [3.63, 3.8) is 0 Å². The van der Waals surface area contributed by atoms with E-state index >= 15 is 0 Å². The van der Waals surface area contributed by atoms with Gasteiger partial charge < -0.3 is 10.8 Å². The van der Waals surface area contributed by atoms with E-state index in [0.717, 1.165) is 12.1 Å². The molecule has 0 aliphatic heterocycles. The third-order valence-corrected chi connectivity index (χ3v) is 6.73. The molecule has 0 aromatic heterocycles. The quantitative estimate of drug-likeness (QED) is 0.173. The van der Waals surface area contributed by atoms with Crippen LogP contribution in [0.15, 0.2) is 92.8 Å². The second-order valence-electron chi connectivity index (χ2n) is 7.19. The fourth-order valence-electron chi connectivity index (χ4n) is 3.52. The molecule has 0 radical (unpaired) electrons. The number of hydrogen-bond donors (Lipinski definition) is 4. The maximum absolute atomic E-state index is 12.2. The summed E-state index contributed by atoms with van der Waals surface area (Å²) in [6.45, 7) is 0. The third kappa shape index (κ3) is 4.34. The molecule has 0 fully saturated rings. The minimum atomic E-state index is -4.94. The first-order valence-electron chi connectivity index (χ1n) is 9.58. The number of benzene rings is 4. The molecule has 0 amide bonds.